The lowest BCUT2D eigenvalue weighted by atomic mass is 9.58. The molecule has 20 heavy (non-hydrogen) atoms. The maximum absolute atomic E-state index is 12.0. The Morgan fingerprint density at radius 2 is 1.90 bits per heavy atom. The fourth-order valence-corrected chi connectivity index (χ4v) is 5.31. The van der Waals surface area contributed by atoms with Crippen molar-refractivity contribution in [2.75, 3.05) is 0 Å². The SMILES string of the molecule is CC12CCC(C1)C(C)(C)C2C(C(=O)O)c1ccccc1. The molecule has 2 bridgehead atoms. The molecule has 2 aliphatic carbocycles. The number of aliphatic carboxylic acids is 1. The van der Waals surface area contributed by atoms with Gasteiger partial charge in [0.1, 0.15) is 0 Å². The zero-order valence-corrected chi connectivity index (χ0v) is 12.6. The predicted octanol–water partition coefficient (Wildman–Crippen LogP) is 4.32. The first-order chi connectivity index (χ1) is 9.36. The number of fused-ring (bicyclic) bond motifs is 2. The van der Waals surface area contributed by atoms with Gasteiger partial charge in [-0.2, -0.15) is 0 Å². The Hall–Kier alpha value is -1.31. The van der Waals surface area contributed by atoms with Crippen LogP contribution in [0.3, 0.4) is 0 Å². The van der Waals surface area contributed by atoms with Crippen molar-refractivity contribution in [1.29, 1.82) is 0 Å². The highest BCUT2D eigenvalue weighted by Crippen LogP contribution is 2.69. The molecule has 0 aliphatic heterocycles. The van der Waals surface area contributed by atoms with Gasteiger partial charge in [0.15, 0.2) is 0 Å². The van der Waals surface area contributed by atoms with Crippen LogP contribution >= 0.6 is 0 Å². The third-order valence-electron chi connectivity index (χ3n) is 6.14. The van der Waals surface area contributed by atoms with Crippen LogP contribution in [0.15, 0.2) is 30.3 Å². The second kappa shape index (κ2) is 4.34. The van der Waals surface area contributed by atoms with Crippen LogP contribution in [0.5, 0.6) is 0 Å². The molecule has 3 rings (SSSR count). The van der Waals surface area contributed by atoms with Crippen molar-refractivity contribution in [3.05, 3.63) is 35.9 Å². The monoisotopic (exact) mass is 272 g/mol. The van der Waals surface area contributed by atoms with Crippen molar-refractivity contribution in [2.24, 2.45) is 22.7 Å². The average molecular weight is 272 g/mol. The standard InChI is InChI=1S/C18H24O2/c1-17(2)13-9-10-18(3,11-13)15(17)14(16(19)20)12-7-5-4-6-8-12/h4-8,13-15H,9-11H2,1-3H3,(H,19,20). The van der Waals surface area contributed by atoms with Gasteiger partial charge in [-0.1, -0.05) is 51.1 Å². The van der Waals surface area contributed by atoms with Gasteiger partial charge in [0.2, 0.25) is 0 Å². The number of benzene rings is 1. The molecule has 0 heterocycles. The lowest BCUT2D eigenvalue weighted by Crippen LogP contribution is -2.41. The van der Waals surface area contributed by atoms with Crippen molar-refractivity contribution >= 4 is 5.97 Å². The van der Waals surface area contributed by atoms with Gasteiger partial charge in [0, 0.05) is 0 Å². The average Bonchev–Trinajstić information content (AvgIpc) is 2.86. The van der Waals surface area contributed by atoms with Crippen LogP contribution in [0.2, 0.25) is 0 Å². The van der Waals surface area contributed by atoms with E-state index < -0.39 is 5.97 Å². The number of rotatable bonds is 3. The van der Waals surface area contributed by atoms with Gasteiger partial charge in [-0.3, -0.25) is 4.79 Å². The molecular weight excluding hydrogens is 248 g/mol. The van der Waals surface area contributed by atoms with Crippen LogP contribution in [0.4, 0.5) is 0 Å². The van der Waals surface area contributed by atoms with Crippen LogP contribution in [0.1, 0.15) is 51.5 Å². The minimum absolute atomic E-state index is 0.117. The first-order valence-electron chi connectivity index (χ1n) is 7.64. The Morgan fingerprint density at radius 3 is 2.40 bits per heavy atom. The van der Waals surface area contributed by atoms with E-state index in [1.165, 1.54) is 19.3 Å². The smallest absolute Gasteiger partial charge is 0.311 e. The summed E-state index contributed by atoms with van der Waals surface area (Å²) >= 11 is 0. The first kappa shape index (κ1) is 13.7. The molecule has 2 nitrogen and oxygen atoms in total. The molecule has 2 aliphatic rings. The summed E-state index contributed by atoms with van der Waals surface area (Å²) in [6, 6.07) is 9.81. The molecule has 1 aromatic rings. The Kier molecular flexibility index (Phi) is 2.97. The molecule has 0 spiro atoms. The molecule has 0 saturated heterocycles. The summed E-state index contributed by atoms with van der Waals surface area (Å²) in [6.07, 6.45) is 3.64. The molecule has 0 radical (unpaired) electrons. The predicted molar refractivity (Wildman–Crippen MR) is 79.5 cm³/mol. The second-order valence-electron chi connectivity index (χ2n) is 7.62. The van der Waals surface area contributed by atoms with Crippen LogP contribution < -0.4 is 0 Å². The van der Waals surface area contributed by atoms with E-state index in [2.05, 4.69) is 20.8 Å². The van der Waals surface area contributed by atoms with E-state index in [0.29, 0.717) is 5.92 Å². The number of carboxylic acids is 1. The molecular formula is C18H24O2. The largest absolute Gasteiger partial charge is 0.481 e. The molecule has 0 amide bonds. The molecule has 1 N–H and O–H groups in total. The van der Waals surface area contributed by atoms with Crippen molar-refractivity contribution in [3.8, 4) is 0 Å². The highest BCUT2D eigenvalue weighted by molar-refractivity contribution is 5.77. The topological polar surface area (TPSA) is 37.3 Å². The third kappa shape index (κ3) is 1.81. The molecule has 2 fully saturated rings. The van der Waals surface area contributed by atoms with E-state index in [1.54, 1.807) is 0 Å². The normalized spacial score (nSPS) is 36.0. The van der Waals surface area contributed by atoms with Gasteiger partial charge >= 0.3 is 5.97 Å². The zero-order chi connectivity index (χ0) is 14.5. The number of hydrogen-bond donors (Lipinski definition) is 1. The van der Waals surface area contributed by atoms with Gasteiger partial charge in [-0.25, -0.2) is 0 Å². The summed E-state index contributed by atoms with van der Waals surface area (Å²) in [6.45, 7) is 6.88. The van der Waals surface area contributed by atoms with Gasteiger partial charge < -0.3 is 5.11 Å². The van der Waals surface area contributed by atoms with E-state index in [9.17, 15) is 9.90 Å². The summed E-state index contributed by atoms with van der Waals surface area (Å²) in [4.78, 5) is 12.0. The minimum Gasteiger partial charge on any atom is -0.481 e. The van der Waals surface area contributed by atoms with E-state index in [1.807, 2.05) is 30.3 Å². The molecule has 0 aromatic heterocycles. The summed E-state index contributed by atoms with van der Waals surface area (Å²) in [7, 11) is 0. The number of carbonyl (C=O) groups is 1. The minimum atomic E-state index is -0.664. The summed E-state index contributed by atoms with van der Waals surface area (Å²) in [5, 5.41) is 9.86. The summed E-state index contributed by atoms with van der Waals surface area (Å²) in [5.74, 6) is -0.124. The Balaban J connectivity index is 2.06. The van der Waals surface area contributed by atoms with Crippen molar-refractivity contribution in [3.63, 3.8) is 0 Å². The molecule has 1 aromatic carbocycles. The maximum atomic E-state index is 12.0. The van der Waals surface area contributed by atoms with Crippen molar-refractivity contribution in [2.45, 2.75) is 46.0 Å². The molecule has 2 saturated carbocycles. The van der Waals surface area contributed by atoms with E-state index in [-0.39, 0.29) is 22.7 Å². The second-order valence-corrected chi connectivity index (χ2v) is 7.62. The van der Waals surface area contributed by atoms with E-state index >= 15 is 0 Å². The molecule has 4 unspecified atom stereocenters. The van der Waals surface area contributed by atoms with Crippen LogP contribution in [-0.2, 0) is 4.79 Å². The first-order valence-corrected chi connectivity index (χ1v) is 7.64. The maximum Gasteiger partial charge on any atom is 0.311 e. The summed E-state index contributed by atoms with van der Waals surface area (Å²) in [5.41, 5.74) is 1.27. The Labute approximate surface area is 121 Å². The van der Waals surface area contributed by atoms with Gasteiger partial charge in [0.25, 0.3) is 0 Å². The van der Waals surface area contributed by atoms with Crippen LogP contribution in [0, 0.1) is 22.7 Å². The Morgan fingerprint density at radius 1 is 1.25 bits per heavy atom. The molecule has 2 heteroatoms. The fraction of sp³-hybridized carbons (Fsp3) is 0.611. The number of hydrogen-bond acceptors (Lipinski definition) is 1. The fourth-order valence-electron chi connectivity index (χ4n) is 5.31. The Bertz CT molecular complexity index is 515. The third-order valence-corrected chi connectivity index (χ3v) is 6.14. The molecule has 108 valence electrons. The lowest BCUT2D eigenvalue weighted by molar-refractivity contribution is -0.143. The van der Waals surface area contributed by atoms with Crippen molar-refractivity contribution in [1.82, 2.24) is 0 Å². The van der Waals surface area contributed by atoms with Gasteiger partial charge in [-0.05, 0) is 47.5 Å². The lowest BCUT2D eigenvalue weighted by Gasteiger charge is -2.45. The van der Waals surface area contributed by atoms with Crippen LogP contribution in [-0.4, -0.2) is 11.1 Å². The zero-order valence-electron chi connectivity index (χ0n) is 12.6. The van der Waals surface area contributed by atoms with Crippen molar-refractivity contribution < 1.29 is 9.90 Å². The highest BCUT2D eigenvalue weighted by atomic mass is 16.4. The van der Waals surface area contributed by atoms with E-state index in [4.69, 9.17) is 0 Å². The van der Waals surface area contributed by atoms with E-state index in [0.717, 1.165) is 5.56 Å². The number of carboxylic acid groups (broad SMARTS) is 1. The summed E-state index contributed by atoms with van der Waals surface area (Å²) < 4.78 is 0. The molecule has 4 atom stereocenters. The van der Waals surface area contributed by atoms with Gasteiger partial charge in [-0.15, -0.1) is 0 Å². The highest BCUT2D eigenvalue weighted by Gasteiger charge is 2.62. The van der Waals surface area contributed by atoms with Gasteiger partial charge in [0.05, 0.1) is 5.92 Å². The quantitative estimate of drug-likeness (QED) is 0.890. The van der Waals surface area contributed by atoms with Crippen LogP contribution in [0.25, 0.3) is 0 Å².